The minimum Gasteiger partial charge on any atom is -0.476 e. The zero-order valence-electron chi connectivity index (χ0n) is 17.0. The van der Waals surface area contributed by atoms with Crippen LogP contribution in [0, 0.1) is 0 Å². The van der Waals surface area contributed by atoms with E-state index in [0.29, 0.717) is 43.4 Å². The predicted molar refractivity (Wildman–Crippen MR) is 114 cm³/mol. The third-order valence-corrected chi connectivity index (χ3v) is 7.09. The van der Waals surface area contributed by atoms with E-state index in [1.165, 1.54) is 40.4 Å². The maximum Gasteiger partial charge on any atom is 0.267 e. The molecule has 1 atom stereocenters. The lowest BCUT2D eigenvalue weighted by atomic mass is 10.1. The van der Waals surface area contributed by atoms with Gasteiger partial charge in [-0.1, -0.05) is 12.1 Å². The molecule has 1 unspecified atom stereocenters. The van der Waals surface area contributed by atoms with Crippen LogP contribution in [0.15, 0.2) is 53.4 Å². The topological polar surface area (TPSA) is 105 Å². The minimum atomic E-state index is -3.61. The molecule has 164 valence electrons. The Bertz CT molecular complexity index is 1080. The van der Waals surface area contributed by atoms with Crippen molar-refractivity contribution in [3.8, 4) is 5.75 Å². The highest BCUT2D eigenvalue weighted by Gasteiger charge is 2.32. The number of anilines is 2. The molecule has 0 bridgehead atoms. The SMILES string of the molecule is CC(=O)N1CC(C(=O)Nc2ccc(S(=O)(=O)N3CCOCC3)cc2)Oc2ccccc21. The van der Waals surface area contributed by atoms with E-state index in [2.05, 4.69) is 5.32 Å². The molecule has 1 N–H and O–H groups in total. The molecule has 2 aliphatic rings. The molecule has 0 spiro atoms. The number of ether oxygens (including phenoxy) is 2. The normalized spacial score (nSPS) is 19.3. The smallest absolute Gasteiger partial charge is 0.267 e. The standard InChI is InChI=1S/C21H23N3O6S/c1-15(25)24-14-20(30-19-5-3-2-4-18(19)24)21(26)22-16-6-8-17(9-7-16)31(27,28)23-10-12-29-13-11-23/h2-9,20H,10-14H2,1H3,(H,22,26). The Morgan fingerprint density at radius 2 is 1.71 bits per heavy atom. The van der Waals surface area contributed by atoms with Gasteiger partial charge < -0.3 is 19.7 Å². The monoisotopic (exact) mass is 445 g/mol. The summed E-state index contributed by atoms with van der Waals surface area (Å²) in [6, 6.07) is 13.0. The van der Waals surface area contributed by atoms with E-state index in [1.807, 2.05) is 0 Å². The van der Waals surface area contributed by atoms with Crippen LogP contribution in [-0.4, -0.2) is 63.5 Å². The fourth-order valence-electron chi connectivity index (χ4n) is 3.54. The molecule has 1 fully saturated rings. The van der Waals surface area contributed by atoms with Gasteiger partial charge in [0.2, 0.25) is 15.9 Å². The van der Waals surface area contributed by atoms with Crippen LogP contribution in [0.1, 0.15) is 6.92 Å². The average molecular weight is 445 g/mol. The highest BCUT2D eigenvalue weighted by Crippen LogP contribution is 2.33. The molecule has 2 amide bonds. The van der Waals surface area contributed by atoms with Crippen molar-refractivity contribution in [1.29, 1.82) is 0 Å². The van der Waals surface area contributed by atoms with Gasteiger partial charge in [0.25, 0.3) is 5.91 Å². The van der Waals surface area contributed by atoms with Crippen LogP contribution in [0.4, 0.5) is 11.4 Å². The zero-order valence-corrected chi connectivity index (χ0v) is 17.8. The number of carbonyl (C=O) groups is 2. The molecule has 31 heavy (non-hydrogen) atoms. The van der Waals surface area contributed by atoms with E-state index < -0.39 is 22.0 Å². The second kappa shape index (κ2) is 8.66. The molecule has 10 heteroatoms. The fourth-order valence-corrected chi connectivity index (χ4v) is 4.95. The summed E-state index contributed by atoms with van der Waals surface area (Å²) >= 11 is 0. The van der Waals surface area contributed by atoms with E-state index in [1.54, 1.807) is 24.3 Å². The molecule has 2 heterocycles. The largest absolute Gasteiger partial charge is 0.476 e. The second-order valence-corrected chi connectivity index (χ2v) is 9.17. The highest BCUT2D eigenvalue weighted by atomic mass is 32.2. The first kappa shape index (κ1) is 21.3. The Labute approximate surface area is 180 Å². The molecular weight excluding hydrogens is 422 g/mol. The third-order valence-electron chi connectivity index (χ3n) is 5.18. The van der Waals surface area contributed by atoms with Crippen LogP contribution in [0.25, 0.3) is 0 Å². The van der Waals surface area contributed by atoms with Gasteiger partial charge in [0.15, 0.2) is 6.10 Å². The van der Waals surface area contributed by atoms with Crippen molar-refractivity contribution in [2.24, 2.45) is 0 Å². The Hall–Kier alpha value is -2.95. The van der Waals surface area contributed by atoms with Gasteiger partial charge in [0, 0.05) is 25.7 Å². The van der Waals surface area contributed by atoms with Crippen molar-refractivity contribution in [2.45, 2.75) is 17.9 Å². The summed E-state index contributed by atoms with van der Waals surface area (Å²) in [5, 5.41) is 2.73. The molecule has 2 aromatic carbocycles. The number of benzene rings is 2. The molecule has 2 aromatic rings. The molecular formula is C21H23N3O6S. The second-order valence-electron chi connectivity index (χ2n) is 7.23. The number of morpholine rings is 1. The molecule has 0 radical (unpaired) electrons. The predicted octanol–water partition coefficient (Wildman–Crippen LogP) is 1.46. The van der Waals surface area contributed by atoms with Gasteiger partial charge >= 0.3 is 0 Å². The van der Waals surface area contributed by atoms with E-state index in [4.69, 9.17) is 9.47 Å². The van der Waals surface area contributed by atoms with Crippen LogP contribution >= 0.6 is 0 Å². The number of carbonyl (C=O) groups excluding carboxylic acids is 2. The zero-order chi connectivity index (χ0) is 22.0. The van der Waals surface area contributed by atoms with Crippen LogP contribution in [0.3, 0.4) is 0 Å². The molecule has 0 aromatic heterocycles. The summed E-state index contributed by atoms with van der Waals surface area (Å²) in [7, 11) is -3.61. The van der Waals surface area contributed by atoms with Crippen LogP contribution in [0.5, 0.6) is 5.75 Å². The van der Waals surface area contributed by atoms with E-state index in [0.717, 1.165) is 0 Å². The van der Waals surface area contributed by atoms with Crippen molar-refractivity contribution in [2.75, 3.05) is 43.1 Å². The number of nitrogens with zero attached hydrogens (tertiary/aromatic N) is 2. The van der Waals surface area contributed by atoms with Crippen molar-refractivity contribution in [1.82, 2.24) is 4.31 Å². The van der Waals surface area contributed by atoms with Gasteiger partial charge in [-0.2, -0.15) is 4.31 Å². The van der Waals surface area contributed by atoms with Gasteiger partial charge in [-0.25, -0.2) is 8.42 Å². The summed E-state index contributed by atoms with van der Waals surface area (Å²) in [5.41, 5.74) is 1.06. The van der Waals surface area contributed by atoms with E-state index in [-0.39, 0.29) is 17.3 Å². The van der Waals surface area contributed by atoms with E-state index >= 15 is 0 Å². The summed E-state index contributed by atoms with van der Waals surface area (Å²) in [6.07, 6.45) is -0.893. The third kappa shape index (κ3) is 4.41. The van der Waals surface area contributed by atoms with E-state index in [9.17, 15) is 18.0 Å². The first-order valence-corrected chi connectivity index (χ1v) is 11.3. The van der Waals surface area contributed by atoms with Crippen molar-refractivity contribution in [3.63, 3.8) is 0 Å². The quantitative estimate of drug-likeness (QED) is 0.764. The van der Waals surface area contributed by atoms with Crippen molar-refractivity contribution < 1.29 is 27.5 Å². The van der Waals surface area contributed by atoms with Gasteiger partial charge in [-0.05, 0) is 36.4 Å². The Kier molecular flexibility index (Phi) is 5.94. The number of hydrogen-bond acceptors (Lipinski definition) is 6. The number of amides is 2. The number of rotatable bonds is 4. The average Bonchev–Trinajstić information content (AvgIpc) is 2.79. The summed E-state index contributed by atoms with van der Waals surface area (Å²) in [6.45, 7) is 2.89. The number of sulfonamides is 1. The maximum atomic E-state index is 12.8. The van der Waals surface area contributed by atoms with Crippen LogP contribution in [0.2, 0.25) is 0 Å². The molecule has 0 aliphatic carbocycles. The first-order valence-electron chi connectivity index (χ1n) is 9.89. The Balaban J connectivity index is 1.46. The fraction of sp³-hybridized carbons (Fsp3) is 0.333. The molecule has 9 nitrogen and oxygen atoms in total. The van der Waals surface area contributed by atoms with Crippen molar-refractivity contribution >= 4 is 33.2 Å². The first-order chi connectivity index (χ1) is 14.9. The Morgan fingerprint density at radius 3 is 2.39 bits per heavy atom. The molecule has 0 saturated carbocycles. The van der Waals surface area contributed by atoms with Crippen LogP contribution < -0.4 is 15.0 Å². The minimum absolute atomic E-state index is 0.0850. The van der Waals surface area contributed by atoms with Crippen molar-refractivity contribution in [3.05, 3.63) is 48.5 Å². The number of para-hydroxylation sites is 2. The maximum absolute atomic E-state index is 12.8. The lowest BCUT2D eigenvalue weighted by molar-refractivity contribution is -0.123. The van der Waals surface area contributed by atoms with Gasteiger partial charge in [-0.15, -0.1) is 0 Å². The summed E-state index contributed by atoms with van der Waals surface area (Å²) < 4.78 is 37.8. The van der Waals surface area contributed by atoms with Gasteiger partial charge in [0.1, 0.15) is 5.75 Å². The molecule has 2 aliphatic heterocycles. The highest BCUT2D eigenvalue weighted by molar-refractivity contribution is 7.89. The van der Waals surface area contributed by atoms with Gasteiger partial charge in [-0.3, -0.25) is 9.59 Å². The number of nitrogens with one attached hydrogen (secondary N) is 1. The van der Waals surface area contributed by atoms with Gasteiger partial charge in [0.05, 0.1) is 30.3 Å². The molecule has 4 rings (SSSR count). The summed E-state index contributed by atoms with van der Waals surface area (Å²) in [5.74, 6) is -0.160. The number of fused-ring (bicyclic) bond motifs is 1. The Morgan fingerprint density at radius 1 is 1.03 bits per heavy atom. The lowest BCUT2D eigenvalue weighted by Gasteiger charge is -2.33. The molecule has 1 saturated heterocycles. The summed E-state index contributed by atoms with van der Waals surface area (Å²) in [4.78, 5) is 26.4. The lowest BCUT2D eigenvalue weighted by Crippen LogP contribution is -2.48. The number of hydrogen-bond donors (Lipinski definition) is 1. The van der Waals surface area contributed by atoms with Crippen LogP contribution in [-0.2, 0) is 24.3 Å².